The molecule has 1 fully saturated rings. The average molecular weight is 453 g/mol. The van der Waals surface area contributed by atoms with Crippen LogP contribution in [0.4, 0.5) is 10.5 Å². The number of benzene rings is 2. The molecule has 2 aromatic carbocycles. The molecule has 0 aromatic heterocycles. The van der Waals surface area contributed by atoms with Crippen molar-refractivity contribution in [3.63, 3.8) is 0 Å². The molecule has 0 atom stereocenters. The van der Waals surface area contributed by atoms with Crippen LogP contribution in [0.1, 0.15) is 16.7 Å². The lowest BCUT2D eigenvalue weighted by Gasteiger charge is -2.27. The molecule has 1 N–H and O–H groups in total. The van der Waals surface area contributed by atoms with E-state index < -0.39 is 17.8 Å². The molecule has 0 radical (unpaired) electrons. The molecule has 0 saturated carbocycles. The quantitative estimate of drug-likeness (QED) is 0.435. The van der Waals surface area contributed by atoms with Gasteiger partial charge >= 0.3 is 6.03 Å². The highest BCUT2D eigenvalue weighted by Crippen LogP contribution is 2.29. The largest absolute Gasteiger partial charge is 0.480 e. The highest BCUT2D eigenvalue weighted by molar-refractivity contribution is 9.10. The number of aryl methyl sites for hydroxylation is 2. The summed E-state index contributed by atoms with van der Waals surface area (Å²) in [4.78, 5) is 38.7. The van der Waals surface area contributed by atoms with Crippen molar-refractivity contribution in [1.29, 1.82) is 0 Å². The maximum atomic E-state index is 13.0. The summed E-state index contributed by atoms with van der Waals surface area (Å²) in [5.41, 5.74) is 2.61. The highest BCUT2D eigenvalue weighted by Gasteiger charge is 2.37. The predicted octanol–water partition coefficient (Wildman–Crippen LogP) is 3.74. The van der Waals surface area contributed by atoms with Gasteiger partial charge < -0.3 is 4.74 Å². The van der Waals surface area contributed by atoms with Crippen LogP contribution >= 0.6 is 15.9 Å². The summed E-state index contributed by atoms with van der Waals surface area (Å²) in [6.07, 6.45) is 6.61. The van der Waals surface area contributed by atoms with Gasteiger partial charge in [0.25, 0.3) is 11.8 Å². The van der Waals surface area contributed by atoms with Crippen molar-refractivity contribution in [2.24, 2.45) is 0 Å². The summed E-state index contributed by atoms with van der Waals surface area (Å²) in [6, 6.07) is 9.62. The lowest BCUT2D eigenvalue weighted by atomic mass is 10.0. The van der Waals surface area contributed by atoms with Gasteiger partial charge in [0.1, 0.15) is 17.9 Å². The molecule has 29 heavy (non-hydrogen) atoms. The first kappa shape index (κ1) is 20.4. The Morgan fingerprint density at radius 3 is 2.59 bits per heavy atom. The molecule has 4 amide bonds. The molecule has 0 bridgehead atoms. The Morgan fingerprint density at radius 2 is 1.93 bits per heavy atom. The molecule has 7 heteroatoms. The van der Waals surface area contributed by atoms with Crippen LogP contribution < -0.4 is 15.0 Å². The molecule has 1 aliphatic rings. The zero-order valence-electron chi connectivity index (χ0n) is 15.8. The number of amides is 4. The van der Waals surface area contributed by atoms with E-state index in [4.69, 9.17) is 11.2 Å². The Balaban J connectivity index is 1.97. The summed E-state index contributed by atoms with van der Waals surface area (Å²) in [5, 5.41) is 2.22. The SMILES string of the molecule is C#CCOc1ccc(/C=C2\C(=O)NC(=O)N(c3ccc(C)cc3C)C2=O)cc1Br. The Kier molecular flexibility index (Phi) is 5.85. The standard InChI is InChI=1S/C22H17BrN2O4/c1-4-9-29-19-8-6-15(12-17(19)23)11-16-20(26)24-22(28)25(21(16)27)18-7-5-13(2)10-14(18)3/h1,5-8,10-12H,9H2,2-3H3,(H,24,26,28)/b16-11+. The van der Waals surface area contributed by atoms with E-state index in [0.717, 1.165) is 16.0 Å². The fourth-order valence-corrected chi connectivity index (χ4v) is 3.45. The lowest BCUT2D eigenvalue weighted by molar-refractivity contribution is -0.122. The minimum atomic E-state index is -0.775. The molecule has 0 aliphatic carbocycles. The van der Waals surface area contributed by atoms with Crippen molar-refractivity contribution in [1.82, 2.24) is 5.32 Å². The topological polar surface area (TPSA) is 75.7 Å². The molecule has 1 aliphatic heterocycles. The van der Waals surface area contributed by atoms with Crippen LogP contribution in [0.3, 0.4) is 0 Å². The van der Waals surface area contributed by atoms with Gasteiger partial charge in [-0.3, -0.25) is 14.9 Å². The fourth-order valence-electron chi connectivity index (χ4n) is 2.94. The number of halogens is 1. The number of terminal acetylenes is 1. The number of ether oxygens (including phenoxy) is 1. The minimum Gasteiger partial charge on any atom is -0.480 e. The first-order chi connectivity index (χ1) is 13.8. The maximum Gasteiger partial charge on any atom is 0.335 e. The number of nitrogens with zero attached hydrogens (tertiary/aromatic N) is 1. The van der Waals surface area contributed by atoms with Gasteiger partial charge in [-0.15, -0.1) is 6.42 Å². The average Bonchev–Trinajstić information content (AvgIpc) is 2.66. The molecule has 3 rings (SSSR count). The number of carbonyl (C=O) groups is 3. The van der Waals surface area contributed by atoms with Gasteiger partial charge in [0.05, 0.1) is 10.2 Å². The van der Waals surface area contributed by atoms with Gasteiger partial charge in [-0.2, -0.15) is 0 Å². The van der Waals surface area contributed by atoms with E-state index in [1.807, 2.05) is 13.0 Å². The van der Waals surface area contributed by atoms with Crippen molar-refractivity contribution in [2.45, 2.75) is 13.8 Å². The zero-order chi connectivity index (χ0) is 21.1. The number of urea groups is 1. The third-order valence-corrected chi connectivity index (χ3v) is 4.89. The molecular weight excluding hydrogens is 436 g/mol. The molecule has 1 saturated heterocycles. The van der Waals surface area contributed by atoms with Gasteiger partial charge in [0.2, 0.25) is 0 Å². The van der Waals surface area contributed by atoms with E-state index in [1.165, 1.54) is 6.08 Å². The van der Waals surface area contributed by atoms with Gasteiger partial charge in [0.15, 0.2) is 0 Å². The second-order valence-electron chi connectivity index (χ2n) is 6.43. The van der Waals surface area contributed by atoms with E-state index in [0.29, 0.717) is 21.5 Å². The van der Waals surface area contributed by atoms with Crippen LogP contribution in [0.2, 0.25) is 0 Å². The molecule has 2 aromatic rings. The van der Waals surface area contributed by atoms with Gasteiger partial charge in [-0.25, -0.2) is 9.69 Å². The predicted molar refractivity (Wildman–Crippen MR) is 113 cm³/mol. The lowest BCUT2D eigenvalue weighted by Crippen LogP contribution is -2.54. The van der Waals surface area contributed by atoms with E-state index in [-0.39, 0.29) is 12.2 Å². The number of imide groups is 2. The Bertz CT molecular complexity index is 1100. The second-order valence-corrected chi connectivity index (χ2v) is 7.28. The van der Waals surface area contributed by atoms with Gasteiger partial charge in [-0.05, 0) is 65.2 Å². The van der Waals surface area contributed by atoms with Gasteiger partial charge in [0, 0.05) is 0 Å². The maximum absolute atomic E-state index is 13.0. The molecule has 6 nitrogen and oxygen atoms in total. The molecule has 1 heterocycles. The Labute approximate surface area is 176 Å². The summed E-state index contributed by atoms with van der Waals surface area (Å²) in [6.45, 7) is 3.83. The number of hydrogen-bond acceptors (Lipinski definition) is 4. The van der Waals surface area contributed by atoms with Crippen LogP contribution in [-0.4, -0.2) is 24.5 Å². The monoisotopic (exact) mass is 452 g/mol. The van der Waals surface area contributed by atoms with Crippen LogP contribution in [0.5, 0.6) is 5.75 Å². The van der Waals surface area contributed by atoms with Crippen molar-refractivity contribution in [2.75, 3.05) is 11.5 Å². The van der Waals surface area contributed by atoms with Crippen molar-refractivity contribution in [3.8, 4) is 18.1 Å². The first-order valence-electron chi connectivity index (χ1n) is 8.66. The van der Waals surface area contributed by atoms with Gasteiger partial charge in [-0.1, -0.05) is 29.7 Å². The van der Waals surface area contributed by atoms with Crippen LogP contribution in [0.15, 0.2) is 46.4 Å². The van der Waals surface area contributed by atoms with Crippen LogP contribution in [0, 0.1) is 26.2 Å². The fraction of sp³-hybridized carbons (Fsp3) is 0.136. The third kappa shape index (κ3) is 4.23. The number of anilines is 1. The third-order valence-electron chi connectivity index (χ3n) is 4.27. The summed E-state index contributed by atoms with van der Waals surface area (Å²) >= 11 is 3.37. The highest BCUT2D eigenvalue weighted by atomic mass is 79.9. The van der Waals surface area contributed by atoms with Crippen LogP contribution in [0.25, 0.3) is 6.08 Å². The number of carbonyl (C=O) groups excluding carboxylic acids is 3. The first-order valence-corrected chi connectivity index (χ1v) is 9.45. The molecule has 146 valence electrons. The van der Waals surface area contributed by atoms with E-state index in [9.17, 15) is 14.4 Å². The number of barbiturate groups is 1. The van der Waals surface area contributed by atoms with Crippen LogP contribution in [-0.2, 0) is 9.59 Å². The number of rotatable bonds is 4. The van der Waals surface area contributed by atoms with E-state index >= 15 is 0 Å². The zero-order valence-corrected chi connectivity index (χ0v) is 17.4. The molecule has 0 unspecified atom stereocenters. The van der Waals surface area contributed by atoms with E-state index in [1.54, 1.807) is 37.3 Å². The molecular formula is C22H17BrN2O4. The van der Waals surface area contributed by atoms with Crippen molar-refractivity contribution in [3.05, 3.63) is 63.1 Å². The smallest absolute Gasteiger partial charge is 0.335 e. The minimum absolute atomic E-state index is 0.118. The van der Waals surface area contributed by atoms with Crippen molar-refractivity contribution < 1.29 is 19.1 Å². The number of nitrogens with one attached hydrogen (secondary N) is 1. The summed E-state index contributed by atoms with van der Waals surface area (Å²) in [7, 11) is 0. The van der Waals surface area contributed by atoms with Crippen molar-refractivity contribution >= 4 is 45.5 Å². The molecule has 0 spiro atoms. The Morgan fingerprint density at radius 1 is 1.17 bits per heavy atom. The second kappa shape index (κ2) is 8.33. The summed E-state index contributed by atoms with van der Waals surface area (Å²) < 4.78 is 6.00. The van der Waals surface area contributed by atoms with E-state index in [2.05, 4.69) is 27.2 Å². The Hall–Kier alpha value is -3.37. The summed E-state index contributed by atoms with van der Waals surface area (Å²) in [5.74, 6) is 1.49. The number of hydrogen-bond donors (Lipinski definition) is 1. The normalized spacial score (nSPS) is 15.3.